The lowest BCUT2D eigenvalue weighted by molar-refractivity contribution is -0.123. The molecular weight excluding hydrogens is 316 g/mol. The molecule has 3 N–H and O–H groups in total. The predicted octanol–water partition coefficient (Wildman–Crippen LogP) is 2.08. The van der Waals surface area contributed by atoms with Crippen LogP contribution in [-0.2, 0) is 11.3 Å². The summed E-state index contributed by atoms with van der Waals surface area (Å²) >= 11 is 0. The lowest BCUT2D eigenvalue weighted by Gasteiger charge is -2.13. The maximum Gasteiger partial charge on any atom is 0.222 e. The van der Waals surface area contributed by atoms with E-state index in [0.717, 1.165) is 17.9 Å². The van der Waals surface area contributed by atoms with Gasteiger partial charge in [-0.3, -0.25) is 4.79 Å². The summed E-state index contributed by atoms with van der Waals surface area (Å²) in [5.74, 6) is 1.57. The standard InChI is InChI=1S/C19H30N4O2/c1-5-13-25-17-10-8-7-9-16(17)14-23-19(20-6-2)22-12-11-21-18(24)15(3)4/h5,7-10,15H,1,6,11-14H2,2-4H3,(H,21,24)(H2,20,22,23). The number of guanidine groups is 1. The van der Waals surface area contributed by atoms with E-state index < -0.39 is 0 Å². The monoisotopic (exact) mass is 346 g/mol. The summed E-state index contributed by atoms with van der Waals surface area (Å²) in [5.41, 5.74) is 1.01. The third-order valence-electron chi connectivity index (χ3n) is 3.32. The first-order valence-corrected chi connectivity index (χ1v) is 8.70. The Hall–Kier alpha value is -2.50. The van der Waals surface area contributed by atoms with Gasteiger partial charge in [-0.15, -0.1) is 0 Å². The quantitative estimate of drug-likeness (QED) is 0.262. The fourth-order valence-corrected chi connectivity index (χ4v) is 2.00. The molecule has 0 atom stereocenters. The van der Waals surface area contributed by atoms with Gasteiger partial charge in [0, 0.05) is 31.1 Å². The van der Waals surface area contributed by atoms with Gasteiger partial charge in [0.15, 0.2) is 5.96 Å². The van der Waals surface area contributed by atoms with Gasteiger partial charge in [-0.2, -0.15) is 0 Å². The zero-order valence-corrected chi connectivity index (χ0v) is 15.5. The van der Waals surface area contributed by atoms with Gasteiger partial charge in [-0.1, -0.05) is 44.7 Å². The predicted molar refractivity (Wildman–Crippen MR) is 103 cm³/mol. The Morgan fingerprint density at radius 3 is 2.64 bits per heavy atom. The molecule has 1 aromatic carbocycles. The number of carbonyl (C=O) groups is 1. The van der Waals surface area contributed by atoms with Gasteiger partial charge in [0.1, 0.15) is 12.4 Å². The molecule has 0 bridgehead atoms. The minimum absolute atomic E-state index is 0.00558. The second-order valence-electron chi connectivity index (χ2n) is 5.78. The minimum atomic E-state index is -0.00558. The van der Waals surface area contributed by atoms with Crippen molar-refractivity contribution in [1.82, 2.24) is 16.0 Å². The summed E-state index contributed by atoms with van der Waals surface area (Å²) < 4.78 is 5.65. The smallest absolute Gasteiger partial charge is 0.222 e. The van der Waals surface area contributed by atoms with Gasteiger partial charge in [0.2, 0.25) is 5.91 Å². The summed E-state index contributed by atoms with van der Waals surface area (Å²) in [6.07, 6.45) is 1.72. The van der Waals surface area contributed by atoms with E-state index >= 15 is 0 Å². The van der Waals surface area contributed by atoms with Crippen LogP contribution in [0.4, 0.5) is 0 Å². The Bertz CT molecular complexity index is 570. The average molecular weight is 346 g/mol. The first-order valence-electron chi connectivity index (χ1n) is 8.70. The van der Waals surface area contributed by atoms with E-state index in [-0.39, 0.29) is 11.8 Å². The van der Waals surface area contributed by atoms with Gasteiger partial charge in [-0.25, -0.2) is 4.99 Å². The molecule has 1 amide bonds. The summed E-state index contributed by atoms with van der Waals surface area (Å²) in [7, 11) is 0. The van der Waals surface area contributed by atoms with Crippen molar-refractivity contribution in [2.45, 2.75) is 27.3 Å². The van der Waals surface area contributed by atoms with Gasteiger partial charge >= 0.3 is 0 Å². The molecule has 0 unspecified atom stereocenters. The SMILES string of the molecule is C=CCOc1ccccc1CN=C(NCC)NCCNC(=O)C(C)C. The van der Waals surface area contributed by atoms with E-state index in [2.05, 4.69) is 27.5 Å². The lowest BCUT2D eigenvalue weighted by Crippen LogP contribution is -2.42. The molecule has 1 aromatic rings. The van der Waals surface area contributed by atoms with Gasteiger partial charge in [-0.05, 0) is 13.0 Å². The molecule has 0 spiro atoms. The first-order chi connectivity index (χ1) is 12.1. The minimum Gasteiger partial charge on any atom is -0.489 e. The molecule has 0 saturated heterocycles. The fourth-order valence-electron chi connectivity index (χ4n) is 2.00. The zero-order chi connectivity index (χ0) is 18.5. The Morgan fingerprint density at radius 2 is 1.96 bits per heavy atom. The number of amides is 1. The lowest BCUT2D eigenvalue weighted by atomic mass is 10.2. The van der Waals surface area contributed by atoms with Crippen molar-refractivity contribution in [3.63, 3.8) is 0 Å². The van der Waals surface area contributed by atoms with E-state index in [0.29, 0.717) is 32.2 Å². The van der Waals surface area contributed by atoms with Crippen LogP contribution in [0.15, 0.2) is 41.9 Å². The number of nitrogens with one attached hydrogen (secondary N) is 3. The molecule has 1 rings (SSSR count). The molecule has 0 aromatic heterocycles. The van der Waals surface area contributed by atoms with E-state index in [9.17, 15) is 4.79 Å². The summed E-state index contributed by atoms with van der Waals surface area (Å²) in [6, 6.07) is 7.82. The zero-order valence-electron chi connectivity index (χ0n) is 15.5. The molecule has 0 fully saturated rings. The van der Waals surface area contributed by atoms with Crippen molar-refractivity contribution in [3.8, 4) is 5.75 Å². The largest absolute Gasteiger partial charge is 0.489 e. The third kappa shape index (κ3) is 8.24. The number of nitrogens with zero attached hydrogens (tertiary/aromatic N) is 1. The van der Waals surface area contributed by atoms with Crippen LogP contribution in [0.25, 0.3) is 0 Å². The molecule has 6 nitrogen and oxygen atoms in total. The van der Waals surface area contributed by atoms with Crippen LogP contribution in [0, 0.1) is 5.92 Å². The van der Waals surface area contributed by atoms with E-state index in [4.69, 9.17) is 4.74 Å². The van der Waals surface area contributed by atoms with E-state index in [1.54, 1.807) is 6.08 Å². The molecule has 0 aliphatic rings. The molecule has 138 valence electrons. The summed E-state index contributed by atoms with van der Waals surface area (Å²) in [4.78, 5) is 16.1. The molecule has 25 heavy (non-hydrogen) atoms. The van der Waals surface area contributed by atoms with Crippen LogP contribution in [0.1, 0.15) is 26.3 Å². The molecule has 0 aliphatic heterocycles. The van der Waals surface area contributed by atoms with Crippen LogP contribution < -0.4 is 20.7 Å². The maximum atomic E-state index is 11.5. The van der Waals surface area contributed by atoms with Crippen LogP contribution >= 0.6 is 0 Å². The highest BCUT2D eigenvalue weighted by atomic mass is 16.5. The number of para-hydroxylation sites is 1. The summed E-state index contributed by atoms with van der Waals surface area (Å²) in [6.45, 7) is 12.3. The van der Waals surface area contributed by atoms with Crippen molar-refractivity contribution in [3.05, 3.63) is 42.5 Å². The van der Waals surface area contributed by atoms with Gasteiger partial charge in [0.25, 0.3) is 0 Å². The van der Waals surface area contributed by atoms with Gasteiger partial charge < -0.3 is 20.7 Å². The molecule has 6 heteroatoms. The second-order valence-corrected chi connectivity index (χ2v) is 5.78. The Balaban J connectivity index is 2.57. The fraction of sp³-hybridized carbons (Fsp3) is 0.474. The molecule has 0 saturated carbocycles. The van der Waals surface area contributed by atoms with Crippen LogP contribution in [-0.4, -0.2) is 38.1 Å². The number of rotatable bonds is 10. The van der Waals surface area contributed by atoms with Crippen molar-refractivity contribution in [1.29, 1.82) is 0 Å². The van der Waals surface area contributed by atoms with Gasteiger partial charge in [0.05, 0.1) is 6.54 Å². The number of carbonyl (C=O) groups excluding carboxylic acids is 1. The van der Waals surface area contributed by atoms with Crippen molar-refractivity contribution < 1.29 is 9.53 Å². The normalized spacial score (nSPS) is 11.1. The topological polar surface area (TPSA) is 74.8 Å². The Labute approximate surface area is 150 Å². The van der Waals surface area contributed by atoms with Crippen LogP contribution in [0.5, 0.6) is 5.75 Å². The highest BCUT2D eigenvalue weighted by Gasteiger charge is 2.06. The second kappa shape index (κ2) is 11.9. The first kappa shape index (κ1) is 20.5. The Kier molecular flexibility index (Phi) is 9.82. The Morgan fingerprint density at radius 1 is 1.24 bits per heavy atom. The van der Waals surface area contributed by atoms with Crippen LogP contribution in [0.3, 0.4) is 0 Å². The highest BCUT2D eigenvalue weighted by Crippen LogP contribution is 2.18. The number of hydrogen-bond acceptors (Lipinski definition) is 3. The maximum absolute atomic E-state index is 11.5. The molecular formula is C19H30N4O2. The average Bonchev–Trinajstić information content (AvgIpc) is 2.61. The van der Waals surface area contributed by atoms with Crippen molar-refractivity contribution in [2.75, 3.05) is 26.2 Å². The molecule has 0 heterocycles. The number of ether oxygens (including phenoxy) is 1. The van der Waals surface area contributed by atoms with Crippen molar-refractivity contribution >= 4 is 11.9 Å². The number of hydrogen-bond donors (Lipinski definition) is 3. The van der Waals surface area contributed by atoms with Crippen LogP contribution in [0.2, 0.25) is 0 Å². The van der Waals surface area contributed by atoms with Crippen molar-refractivity contribution in [2.24, 2.45) is 10.9 Å². The van der Waals surface area contributed by atoms with E-state index in [1.807, 2.05) is 45.0 Å². The van der Waals surface area contributed by atoms with E-state index in [1.165, 1.54) is 0 Å². The summed E-state index contributed by atoms with van der Waals surface area (Å²) in [5, 5.41) is 9.28. The molecule has 0 radical (unpaired) electrons. The third-order valence-corrected chi connectivity index (χ3v) is 3.32. The number of aliphatic imine (C=N–C) groups is 1. The highest BCUT2D eigenvalue weighted by molar-refractivity contribution is 5.80. The number of benzene rings is 1. The molecule has 0 aliphatic carbocycles.